The van der Waals surface area contributed by atoms with Crippen LogP contribution in [0.4, 0.5) is 5.69 Å². The molecule has 0 spiro atoms. The van der Waals surface area contributed by atoms with Crippen LogP contribution >= 0.6 is 11.8 Å². The van der Waals surface area contributed by atoms with Gasteiger partial charge in [-0.1, -0.05) is 67.2 Å². The first-order valence-electron chi connectivity index (χ1n) is 10.2. The summed E-state index contributed by atoms with van der Waals surface area (Å²) in [6.45, 7) is 3.82. The molecule has 154 valence electrons. The minimum atomic E-state index is -1.22. The van der Waals surface area contributed by atoms with Gasteiger partial charge in [0.15, 0.2) is 5.72 Å². The highest BCUT2D eigenvalue weighted by molar-refractivity contribution is 7.99. The van der Waals surface area contributed by atoms with Crippen LogP contribution in [0.1, 0.15) is 41.8 Å². The van der Waals surface area contributed by atoms with Crippen LogP contribution in [-0.2, 0) is 12.1 Å². The Morgan fingerprint density at radius 2 is 1.80 bits per heavy atom. The molecule has 3 N–H and O–H groups in total. The fraction of sp³-hybridized carbons (Fsp3) is 0.240. The van der Waals surface area contributed by atoms with E-state index in [1.165, 1.54) is 5.56 Å². The van der Waals surface area contributed by atoms with Crippen LogP contribution in [0.2, 0.25) is 0 Å². The van der Waals surface area contributed by atoms with Gasteiger partial charge >= 0.3 is 0 Å². The van der Waals surface area contributed by atoms with Gasteiger partial charge in [0.2, 0.25) is 0 Å². The smallest absolute Gasteiger partial charge is 0.251 e. The highest BCUT2D eigenvalue weighted by atomic mass is 32.2. The second kappa shape index (κ2) is 8.54. The van der Waals surface area contributed by atoms with E-state index in [2.05, 4.69) is 29.7 Å². The summed E-state index contributed by atoms with van der Waals surface area (Å²) in [5, 5.41) is 17.4. The van der Waals surface area contributed by atoms with E-state index in [1.54, 1.807) is 18.7 Å². The Morgan fingerprint density at radius 1 is 1.07 bits per heavy atom. The molecule has 0 saturated carbocycles. The Morgan fingerprint density at radius 3 is 2.57 bits per heavy atom. The first kappa shape index (κ1) is 20.5. The number of amides is 1. The van der Waals surface area contributed by atoms with Crippen LogP contribution in [0.3, 0.4) is 0 Å². The molecule has 3 aromatic rings. The van der Waals surface area contributed by atoms with Crippen molar-refractivity contribution >= 4 is 23.4 Å². The molecule has 0 aromatic heterocycles. The predicted molar refractivity (Wildman–Crippen MR) is 122 cm³/mol. The highest BCUT2D eigenvalue weighted by Crippen LogP contribution is 2.43. The lowest BCUT2D eigenvalue weighted by Crippen LogP contribution is -2.36. The van der Waals surface area contributed by atoms with Gasteiger partial charge in [-0.2, -0.15) is 0 Å². The first-order valence-corrected chi connectivity index (χ1v) is 11.0. The number of fused-ring (bicyclic) bond motifs is 2. The minimum Gasteiger partial charge on any atom is -0.367 e. The highest BCUT2D eigenvalue weighted by Gasteiger charge is 2.30. The molecule has 4 rings (SSSR count). The van der Waals surface area contributed by atoms with Crippen LogP contribution in [0, 0.1) is 0 Å². The Hall–Kier alpha value is -2.76. The molecule has 5 heteroatoms. The van der Waals surface area contributed by atoms with Gasteiger partial charge in [0.25, 0.3) is 5.91 Å². The van der Waals surface area contributed by atoms with Crippen molar-refractivity contribution in [2.75, 3.05) is 5.32 Å². The molecule has 0 radical (unpaired) electrons. The second-order valence-corrected chi connectivity index (χ2v) is 8.86. The number of hydrogen-bond acceptors (Lipinski definition) is 4. The van der Waals surface area contributed by atoms with Crippen molar-refractivity contribution in [1.82, 2.24) is 5.32 Å². The Bertz CT molecular complexity index is 1050. The number of nitrogens with one attached hydrogen (secondary N) is 2. The van der Waals surface area contributed by atoms with E-state index in [0.29, 0.717) is 5.56 Å². The van der Waals surface area contributed by atoms with Gasteiger partial charge in [0.05, 0.1) is 5.69 Å². The van der Waals surface area contributed by atoms with Crippen LogP contribution in [0.25, 0.3) is 0 Å². The average Bonchev–Trinajstić information content (AvgIpc) is 2.86. The molecule has 0 bridgehead atoms. The molecule has 1 aliphatic rings. The topological polar surface area (TPSA) is 61.4 Å². The summed E-state index contributed by atoms with van der Waals surface area (Å²) in [6, 6.07) is 23.7. The van der Waals surface area contributed by atoms with Crippen LogP contribution in [0.15, 0.2) is 82.6 Å². The summed E-state index contributed by atoms with van der Waals surface area (Å²) in [4.78, 5) is 14.9. The molecule has 30 heavy (non-hydrogen) atoms. The summed E-state index contributed by atoms with van der Waals surface area (Å²) < 4.78 is 0. The quantitative estimate of drug-likeness (QED) is 0.534. The van der Waals surface area contributed by atoms with Crippen LogP contribution in [0.5, 0.6) is 0 Å². The van der Waals surface area contributed by atoms with E-state index < -0.39 is 5.72 Å². The number of aliphatic hydroxyl groups is 1. The molecule has 2 atom stereocenters. The number of rotatable bonds is 5. The lowest BCUT2D eigenvalue weighted by atomic mass is 10.0. The fourth-order valence-electron chi connectivity index (χ4n) is 3.73. The third-order valence-corrected chi connectivity index (χ3v) is 6.56. The van der Waals surface area contributed by atoms with Crippen molar-refractivity contribution in [3.63, 3.8) is 0 Å². The second-order valence-electron chi connectivity index (χ2n) is 7.77. The zero-order valence-corrected chi connectivity index (χ0v) is 18.0. The monoisotopic (exact) mass is 418 g/mol. The maximum absolute atomic E-state index is 12.9. The largest absolute Gasteiger partial charge is 0.367 e. The minimum absolute atomic E-state index is 0.0633. The summed E-state index contributed by atoms with van der Waals surface area (Å²) in [6.07, 6.45) is 1.65. The Balaban J connectivity index is 1.55. The molecule has 2 unspecified atom stereocenters. The van der Waals surface area contributed by atoms with E-state index in [9.17, 15) is 9.90 Å². The molecular weight excluding hydrogens is 392 g/mol. The van der Waals surface area contributed by atoms with Gasteiger partial charge in [-0.15, -0.1) is 0 Å². The van der Waals surface area contributed by atoms with Crippen molar-refractivity contribution in [2.24, 2.45) is 0 Å². The van der Waals surface area contributed by atoms with Crippen molar-refractivity contribution < 1.29 is 9.90 Å². The molecular formula is C25H26N2O2S. The molecule has 1 heterocycles. The maximum Gasteiger partial charge on any atom is 0.251 e. The van der Waals surface area contributed by atoms with Crippen molar-refractivity contribution in [3.8, 4) is 0 Å². The summed E-state index contributed by atoms with van der Waals surface area (Å²) in [5.41, 5.74) is 2.15. The molecule has 0 fully saturated rings. The van der Waals surface area contributed by atoms with E-state index in [-0.39, 0.29) is 11.9 Å². The van der Waals surface area contributed by atoms with Crippen molar-refractivity contribution in [3.05, 3.63) is 89.5 Å². The summed E-state index contributed by atoms with van der Waals surface area (Å²) in [7, 11) is 0. The first-order chi connectivity index (χ1) is 14.5. The van der Waals surface area contributed by atoms with Gasteiger partial charge in [-0.25, -0.2) is 0 Å². The Labute approximate surface area is 181 Å². The van der Waals surface area contributed by atoms with Gasteiger partial charge < -0.3 is 15.7 Å². The zero-order chi connectivity index (χ0) is 21.1. The van der Waals surface area contributed by atoms with Gasteiger partial charge in [0, 0.05) is 27.0 Å². The lowest BCUT2D eigenvalue weighted by Gasteiger charge is -2.26. The van der Waals surface area contributed by atoms with E-state index in [4.69, 9.17) is 0 Å². The van der Waals surface area contributed by atoms with Crippen molar-refractivity contribution in [1.29, 1.82) is 0 Å². The maximum atomic E-state index is 12.9. The average molecular weight is 419 g/mol. The van der Waals surface area contributed by atoms with Gasteiger partial charge in [0.1, 0.15) is 0 Å². The summed E-state index contributed by atoms with van der Waals surface area (Å²) in [5.74, 6) is -0.103. The molecule has 1 aliphatic heterocycles. The molecule has 0 saturated heterocycles. The third-order valence-electron chi connectivity index (χ3n) is 5.40. The normalized spacial score (nSPS) is 18.4. The lowest BCUT2D eigenvalue weighted by molar-refractivity contribution is 0.0858. The van der Waals surface area contributed by atoms with E-state index >= 15 is 0 Å². The number of anilines is 1. The third kappa shape index (κ3) is 4.37. The number of carbonyl (C=O) groups excluding carboxylic acids is 1. The van der Waals surface area contributed by atoms with Crippen molar-refractivity contribution in [2.45, 2.75) is 48.2 Å². The number of carbonyl (C=O) groups is 1. The van der Waals surface area contributed by atoms with Gasteiger partial charge in [-0.05, 0) is 49.6 Å². The standard InChI is InChI=1S/C25H26N2O2S/c1-3-19(15-17-9-5-4-6-10-17)26-24(28)18-13-14-23-21(16-18)27-25(2,29)20-11-7-8-12-22(20)30-23/h4-14,16,19,27,29H,3,15H2,1-2H3,(H,26,28). The zero-order valence-electron chi connectivity index (χ0n) is 17.2. The molecule has 3 aromatic carbocycles. The SMILES string of the molecule is CCC(Cc1ccccc1)NC(=O)c1ccc2c(c1)NC(C)(O)c1ccccc1S2. The number of benzene rings is 3. The fourth-order valence-corrected chi connectivity index (χ4v) is 4.84. The molecule has 1 amide bonds. The Kier molecular flexibility index (Phi) is 5.84. The van der Waals surface area contributed by atoms with Crippen LogP contribution < -0.4 is 10.6 Å². The van der Waals surface area contributed by atoms with E-state index in [1.807, 2.05) is 60.7 Å². The predicted octanol–water partition coefficient (Wildman–Crippen LogP) is 5.18. The molecule has 4 nitrogen and oxygen atoms in total. The van der Waals surface area contributed by atoms with Crippen LogP contribution in [-0.4, -0.2) is 17.1 Å². The summed E-state index contributed by atoms with van der Waals surface area (Å²) >= 11 is 1.59. The van der Waals surface area contributed by atoms with E-state index in [0.717, 1.165) is 33.9 Å². The van der Waals surface area contributed by atoms with Gasteiger partial charge in [-0.3, -0.25) is 4.79 Å². The molecule has 0 aliphatic carbocycles. The number of hydrogen-bond donors (Lipinski definition) is 3.